The normalized spacial score (nSPS) is 23.9. The van der Waals surface area contributed by atoms with E-state index in [0.717, 1.165) is 44.6 Å². The van der Waals surface area contributed by atoms with E-state index in [9.17, 15) is 9.59 Å². The second kappa shape index (κ2) is 8.99. The van der Waals surface area contributed by atoms with E-state index in [1.165, 1.54) is 12.8 Å². The van der Waals surface area contributed by atoms with Gasteiger partial charge in [-0.2, -0.15) is 0 Å². The first kappa shape index (κ1) is 17.9. The standard InChI is InChI=1S/C20H29N3O2/c24-19(12-16-6-2-1-3-7-16)23-11-5-9-18(15-23)20(25)22-14-17-8-4-10-21-13-17/h1-3,6-7,17-18,21H,4-5,8-15H2,(H,22,25). The van der Waals surface area contributed by atoms with Crippen LogP contribution in [-0.2, 0) is 16.0 Å². The van der Waals surface area contributed by atoms with Crippen LogP contribution in [0.5, 0.6) is 0 Å². The van der Waals surface area contributed by atoms with Gasteiger partial charge in [-0.1, -0.05) is 30.3 Å². The van der Waals surface area contributed by atoms with E-state index in [1.807, 2.05) is 35.2 Å². The summed E-state index contributed by atoms with van der Waals surface area (Å²) >= 11 is 0. The SMILES string of the molecule is O=C(NCC1CCCNC1)C1CCCN(C(=O)Cc2ccccc2)C1. The van der Waals surface area contributed by atoms with Crippen molar-refractivity contribution in [3.8, 4) is 0 Å². The number of carbonyl (C=O) groups excluding carboxylic acids is 2. The first-order valence-electron chi connectivity index (χ1n) is 9.52. The molecule has 0 radical (unpaired) electrons. The number of rotatable bonds is 5. The van der Waals surface area contributed by atoms with Crippen LogP contribution < -0.4 is 10.6 Å². The second-order valence-corrected chi connectivity index (χ2v) is 7.30. The van der Waals surface area contributed by atoms with Crippen LogP contribution in [-0.4, -0.2) is 49.4 Å². The fourth-order valence-corrected chi connectivity index (χ4v) is 3.79. The summed E-state index contributed by atoms with van der Waals surface area (Å²) in [6.07, 6.45) is 4.57. The molecule has 2 fully saturated rings. The molecule has 2 aliphatic rings. The molecule has 0 spiro atoms. The second-order valence-electron chi connectivity index (χ2n) is 7.30. The van der Waals surface area contributed by atoms with Crippen molar-refractivity contribution in [2.24, 2.45) is 11.8 Å². The van der Waals surface area contributed by atoms with Gasteiger partial charge in [-0.3, -0.25) is 9.59 Å². The number of nitrogens with one attached hydrogen (secondary N) is 2. The van der Waals surface area contributed by atoms with Crippen LogP contribution in [0.15, 0.2) is 30.3 Å². The fourth-order valence-electron chi connectivity index (χ4n) is 3.79. The molecular weight excluding hydrogens is 314 g/mol. The molecule has 2 amide bonds. The van der Waals surface area contributed by atoms with Crippen molar-refractivity contribution in [1.29, 1.82) is 0 Å². The summed E-state index contributed by atoms with van der Waals surface area (Å²) in [5, 5.41) is 6.49. The summed E-state index contributed by atoms with van der Waals surface area (Å²) in [7, 11) is 0. The summed E-state index contributed by atoms with van der Waals surface area (Å²) < 4.78 is 0. The van der Waals surface area contributed by atoms with Crippen molar-refractivity contribution in [2.45, 2.75) is 32.1 Å². The molecule has 5 heteroatoms. The highest BCUT2D eigenvalue weighted by Gasteiger charge is 2.28. The van der Waals surface area contributed by atoms with Crippen LogP contribution in [0.2, 0.25) is 0 Å². The molecule has 0 bridgehead atoms. The Labute approximate surface area is 150 Å². The number of hydrogen-bond acceptors (Lipinski definition) is 3. The third kappa shape index (κ3) is 5.30. The van der Waals surface area contributed by atoms with Gasteiger partial charge >= 0.3 is 0 Å². The Hall–Kier alpha value is -1.88. The number of nitrogens with zero attached hydrogens (tertiary/aromatic N) is 1. The molecule has 3 rings (SSSR count). The minimum Gasteiger partial charge on any atom is -0.355 e. The summed E-state index contributed by atoms with van der Waals surface area (Å²) in [6, 6.07) is 9.82. The largest absolute Gasteiger partial charge is 0.355 e. The van der Waals surface area contributed by atoms with E-state index in [-0.39, 0.29) is 17.7 Å². The lowest BCUT2D eigenvalue weighted by molar-refractivity contribution is -0.135. The van der Waals surface area contributed by atoms with Gasteiger partial charge in [-0.05, 0) is 50.3 Å². The molecule has 25 heavy (non-hydrogen) atoms. The van der Waals surface area contributed by atoms with E-state index in [4.69, 9.17) is 0 Å². The molecule has 2 N–H and O–H groups in total. The minimum absolute atomic E-state index is 0.0648. The van der Waals surface area contributed by atoms with Crippen LogP contribution in [0, 0.1) is 11.8 Å². The maximum atomic E-state index is 12.5. The number of carbonyl (C=O) groups is 2. The zero-order chi connectivity index (χ0) is 17.5. The highest BCUT2D eigenvalue weighted by atomic mass is 16.2. The molecule has 136 valence electrons. The van der Waals surface area contributed by atoms with Gasteiger partial charge in [0.15, 0.2) is 0 Å². The Morgan fingerprint density at radius 2 is 2.00 bits per heavy atom. The molecule has 0 aromatic heterocycles. The average Bonchev–Trinajstić information content (AvgIpc) is 2.68. The maximum Gasteiger partial charge on any atom is 0.227 e. The molecular formula is C20H29N3O2. The number of hydrogen-bond donors (Lipinski definition) is 2. The monoisotopic (exact) mass is 343 g/mol. The Kier molecular flexibility index (Phi) is 6.45. The van der Waals surface area contributed by atoms with Crippen LogP contribution >= 0.6 is 0 Å². The quantitative estimate of drug-likeness (QED) is 0.853. The Morgan fingerprint density at radius 1 is 1.16 bits per heavy atom. The third-order valence-corrected chi connectivity index (χ3v) is 5.31. The highest BCUT2D eigenvalue weighted by Crippen LogP contribution is 2.18. The predicted molar refractivity (Wildman–Crippen MR) is 98.1 cm³/mol. The number of amides is 2. The van der Waals surface area contributed by atoms with Gasteiger partial charge in [-0.25, -0.2) is 0 Å². The van der Waals surface area contributed by atoms with Gasteiger partial charge in [0.05, 0.1) is 12.3 Å². The average molecular weight is 343 g/mol. The lowest BCUT2D eigenvalue weighted by Crippen LogP contribution is -2.47. The van der Waals surface area contributed by atoms with Crippen molar-refractivity contribution < 1.29 is 9.59 Å². The Morgan fingerprint density at radius 3 is 2.76 bits per heavy atom. The van der Waals surface area contributed by atoms with Gasteiger partial charge in [0, 0.05) is 19.6 Å². The van der Waals surface area contributed by atoms with Crippen molar-refractivity contribution in [3.05, 3.63) is 35.9 Å². The molecule has 1 aromatic carbocycles. The summed E-state index contributed by atoms with van der Waals surface area (Å²) in [4.78, 5) is 26.9. The van der Waals surface area contributed by atoms with E-state index in [0.29, 0.717) is 18.9 Å². The van der Waals surface area contributed by atoms with E-state index in [2.05, 4.69) is 10.6 Å². The first-order chi connectivity index (χ1) is 12.2. The predicted octanol–water partition coefficient (Wildman–Crippen LogP) is 1.58. The first-order valence-corrected chi connectivity index (χ1v) is 9.52. The van der Waals surface area contributed by atoms with Crippen LogP contribution in [0.3, 0.4) is 0 Å². The molecule has 2 saturated heterocycles. The number of likely N-dealkylation sites (tertiary alicyclic amines) is 1. The van der Waals surface area contributed by atoms with Gasteiger partial charge in [-0.15, -0.1) is 0 Å². The molecule has 2 heterocycles. The summed E-state index contributed by atoms with van der Waals surface area (Å²) in [6.45, 7) is 4.15. The van der Waals surface area contributed by atoms with Crippen molar-refractivity contribution in [2.75, 3.05) is 32.7 Å². The number of benzene rings is 1. The smallest absolute Gasteiger partial charge is 0.227 e. The molecule has 0 saturated carbocycles. The van der Waals surface area contributed by atoms with Crippen LogP contribution in [0.25, 0.3) is 0 Å². The molecule has 0 aliphatic carbocycles. The molecule has 5 nitrogen and oxygen atoms in total. The van der Waals surface area contributed by atoms with E-state index >= 15 is 0 Å². The van der Waals surface area contributed by atoms with Gasteiger partial charge < -0.3 is 15.5 Å². The zero-order valence-electron chi connectivity index (χ0n) is 14.9. The van der Waals surface area contributed by atoms with E-state index in [1.54, 1.807) is 0 Å². The summed E-state index contributed by atoms with van der Waals surface area (Å²) in [5.41, 5.74) is 1.03. The highest BCUT2D eigenvalue weighted by molar-refractivity contribution is 5.82. The number of piperidine rings is 2. The molecule has 2 unspecified atom stereocenters. The Bertz CT molecular complexity index is 570. The lowest BCUT2D eigenvalue weighted by Gasteiger charge is -2.32. The Balaban J connectivity index is 1.46. The molecule has 2 atom stereocenters. The van der Waals surface area contributed by atoms with Crippen LogP contribution in [0.4, 0.5) is 0 Å². The van der Waals surface area contributed by atoms with Gasteiger partial charge in [0.25, 0.3) is 0 Å². The maximum absolute atomic E-state index is 12.5. The van der Waals surface area contributed by atoms with Crippen molar-refractivity contribution in [3.63, 3.8) is 0 Å². The van der Waals surface area contributed by atoms with Crippen molar-refractivity contribution in [1.82, 2.24) is 15.5 Å². The summed E-state index contributed by atoms with van der Waals surface area (Å²) in [5.74, 6) is 0.713. The lowest BCUT2D eigenvalue weighted by atomic mass is 9.95. The molecule has 2 aliphatic heterocycles. The van der Waals surface area contributed by atoms with Crippen LogP contribution in [0.1, 0.15) is 31.2 Å². The van der Waals surface area contributed by atoms with E-state index < -0.39 is 0 Å². The topological polar surface area (TPSA) is 61.4 Å². The molecule has 1 aromatic rings. The van der Waals surface area contributed by atoms with Gasteiger partial charge in [0.1, 0.15) is 0 Å². The van der Waals surface area contributed by atoms with Gasteiger partial charge in [0.2, 0.25) is 11.8 Å². The zero-order valence-corrected chi connectivity index (χ0v) is 14.9. The minimum atomic E-state index is -0.0648. The van der Waals surface area contributed by atoms with Crippen molar-refractivity contribution >= 4 is 11.8 Å². The fraction of sp³-hybridized carbons (Fsp3) is 0.600. The third-order valence-electron chi connectivity index (χ3n) is 5.31.